The summed E-state index contributed by atoms with van der Waals surface area (Å²) in [4.78, 5) is 12.1. The van der Waals surface area contributed by atoms with Gasteiger partial charge in [0.25, 0.3) is 5.91 Å². The highest BCUT2D eigenvalue weighted by atomic mass is 16.1. The molecular weight excluding hydrogens is 240 g/mol. The van der Waals surface area contributed by atoms with E-state index in [0.717, 1.165) is 16.6 Å². The molecule has 0 aliphatic carbocycles. The molecule has 94 valence electrons. The van der Waals surface area contributed by atoms with Gasteiger partial charge in [0.05, 0.1) is 17.4 Å². The van der Waals surface area contributed by atoms with E-state index in [2.05, 4.69) is 15.5 Å². The Hall–Kier alpha value is -2.82. The van der Waals surface area contributed by atoms with Crippen molar-refractivity contribution >= 4 is 28.2 Å². The number of anilines is 2. The molecule has 0 unspecified atom stereocenters. The molecule has 0 spiro atoms. The maximum atomic E-state index is 12.1. The van der Waals surface area contributed by atoms with Gasteiger partial charge >= 0.3 is 0 Å². The quantitative estimate of drug-likeness (QED) is 0.612. The van der Waals surface area contributed by atoms with Crippen LogP contribution < -0.4 is 11.1 Å². The zero-order valence-corrected chi connectivity index (χ0v) is 10.1. The fourth-order valence-corrected chi connectivity index (χ4v) is 1.95. The zero-order chi connectivity index (χ0) is 13.2. The molecule has 5 nitrogen and oxygen atoms in total. The first-order valence-corrected chi connectivity index (χ1v) is 5.83. The lowest BCUT2D eigenvalue weighted by Crippen LogP contribution is -2.12. The topological polar surface area (TPSA) is 83.8 Å². The van der Waals surface area contributed by atoms with E-state index in [9.17, 15) is 4.79 Å². The predicted molar refractivity (Wildman–Crippen MR) is 74.9 cm³/mol. The standard InChI is InChI=1S/C14H12N4O/c15-10-4-1-3-9(7-10)14(19)17-12-5-2-6-13-11(12)8-16-18-13/h1-8H,15H2,(H,16,18)(H,17,19). The summed E-state index contributed by atoms with van der Waals surface area (Å²) in [5.74, 6) is -0.194. The highest BCUT2D eigenvalue weighted by molar-refractivity contribution is 6.08. The van der Waals surface area contributed by atoms with Gasteiger partial charge in [-0.25, -0.2) is 0 Å². The first-order valence-electron chi connectivity index (χ1n) is 5.83. The molecule has 3 aromatic rings. The third-order valence-corrected chi connectivity index (χ3v) is 2.88. The molecule has 19 heavy (non-hydrogen) atoms. The number of nitrogens with zero attached hydrogens (tertiary/aromatic N) is 1. The summed E-state index contributed by atoms with van der Waals surface area (Å²) in [5, 5.41) is 10.6. The van der Waals surface area contributed by atoms with Gasteiger partial charge in [-0.3, -0.25) is 9.89 Å². The number of amides is 1. The van der Waals surface area contributed by atoms with Gasteiger partial charge in [0.2, 0.25) is 0 Å². The van der Waals surface area contributed by atoms with Gasteiger partial charge < -0.3 is 11.1 Å². The number of H-pyrrole nitrogens is 1. The highest BCUT2D eigenvalue weighted by Gasteiger charge is 2.09. The molecule has 2 aromatic carbocycles. The molecule has 1 aromatic heterocycles. The van der Waals surface area contributed by atoms with Crippen molar-refractivity contribution in [1.82, 2.24) is 10.2 Å². The minimum Gasteiger partial charge on any atom is -0.399 e. The lowest BCUT2D eigenvalue weighted by Gasteiger charge is -2.06. The fraction of sp³-hybridized carbons (Fsp3) is 0. The molecule has 0 saturated carbocycles. The first kappa shape index (κ1) is 11.3. The van der Waals surface area contributed by atoms with Crippen molar-refractivity contribution in [3.8, 4) is 0 Å². The number of nitrogens with one attached hydrogen (secondary N) is 2. The number of benzene rings is 2. The average Bonchev–Trinajstić information content (AvgIpc) is 2.88. The molecule has 4 N–H and O–H groups in total. The van der Waals surface area contributed by atoms with E-state index in [1.165, 1.54) is 0 Å². The Kier molecular flexibility index (Phi) is 2.64. The first-order chi connectivity index (χ1) is 9.24. The van der Waals surface area contributed by atoms with Crippen molar-refractivity contribution in [2.24, 2.45) is 0 Å². The Balaban J connectivity index is 1.93. The molecule has 1 heterocycles. The second kappa shape index (κ2) is 4.45. The Morgan fingerprint density at radius 1 is 1.21 bits per heavy atom. The zero-order valence-electron chi connectivity index (χ0n) is 10.1. The number of hydrogen-bond acceptors (Lipinski definition) is 3. The maximum absolute atomic E-state index is 12.1. The predicted octanol–water partition coefficient (Wildman–Crippen LogP) is 2.40. The van der Waals surface area contributed by atoms with Crippen LogP contribution in [0.1, 0.15) is 10.4 Å². The third-order valence-electron chi connectivity index (χ3n) is 2.88. The summed E-state index contributed by atoms with van der Waals surface area (Å²) in [5.41, 5.74) is 8.36. The van der Waals surface area contributed by atoms with Crippen molar-refractivity contribution < 1.29 is 4.79 Å². The smallest absolute Gasteiger partial charge is 0.255 e. The number of hydrogen-bond donors (Lipinski definition) is 3. The van der Waals surface area contributed by atoms with E-state index < -0.39 is 0 Å². The molecule has 0 aliphatic rings. The second-order valence-corrected chi connectivity index (χ2v) is 4.22. The number of carbonyl (C=O) groups is 1. The van der Waals surface area contributed by atoms with Crippen molar-refractivity contribution in [3.63, 3.8) is 0 Å². The van der Waals surface area contributed by atoms with Gasteiger partial charge in [0, 0.05) is 16.6 Å². The van der Waals surface area contributed by atoms with E-state index in [1.54, 1.807) is 30.5 Å². The summed E-state index contributed by atoms with van der Waals surface area (Å²) in [6.07, 6.45) is 1.68. The summed E-state index contributed by atoms with van der Waals surface area (Å²) in [7, 11) is 0. The van der Waals surface area contributed by atoms with Crippen molar-refractivity contribution in [2.75, 3.05) is 11.1 Å². The van der Waals surface area contributed by atoms with Gasteiger partial charge in [-0.15, -0.1) is 0 Å². The lowest BCUT2D eigenvalue weighted by molar-refractivity contribution is 0.102. The van der Waals surface area contributed by atoms with Crippen molar-refractivity contribution in [1.29, 1.82) is 0 Å². The van der Waals surface area contributed by atoms with E-state index in [0.29, 0.717) is 11.3 Å². The molecule has 0 fully saturated rings. The minimum atomic E-state index is -0.194. The summed E-state index contributed by atoms with van der Waals surface area (Å²) < 4.78 is 0. The van der Waals surface area contributed by atoms with Gasteiger partial charge in [-0.05, 0) is 30.3 Å². The summed E-state index contributed by atoms with van der Waals surface area (Å²) >= 11 is 0. The normalized spacial score (nSPS) is 10.5. The molecule has 0 atom stereocenters. The fourth-order valence-electron chi connectivity index (χ4n) is 1.95. The Morgan fingerprint density at radius 2 is 2.05 bits per heavy atom. The van der Waals surface area contributed by atoms with Crippen LogP contribution in [0.25, 0.3) is 10.9 Å². The van der Waals surface area contributed by atoms with Crippen molar-refractivity contribution in [3.05, 3.63) is 54.2 Å². The van der Waals surface area contributed by atoms with E-state index >= 15 is 0 Å². The van der Waals surface area contributed by atoms with Crippen LogP contribution in [0.2, 0.25) is 0 Å². The lowest BCUT2D eigenvalue weighted by atomic mass is 10.1. The molecule has 0 saturated heterocycles. The Morgan fingerprint density at radius 3 is 2.89 bits per heavy atom. The highest BCUT2D eigenvalue weighted by Crippen LogP contribution is 2.21. The second-order valence-electron chi connectivity index (χ2n) is 4.22. The van der Waals surface area contributed by atoms with Crippen LogP contribution in [-0.2, 0) is 0 Å². The summed E-state index contributed by atoms with van der Waals surface area (Å²) in [6.45, 7) is 0. The van der Waals surface area contributed by atoms with Crippen LogP contribution in [0, 0.1) is 0 Å². The van der Waals surface area contributed by atoms with Gasteiger partial charge in [-0.1, -0.05) is 12.1 Å². The van der Waals surface area contributed by atoms with Gasteiger partial charge in [0.1, 0.15) is 0 Å². The number of nitrogens with two attached hydrogens (primary N) is 1. The number of rotatable bonds is 2. The van der Waals surface area contributed by atoms with Crippen LogP contribution in [0.15, 0.2) is 48.7 Å². The third kappa shape index (κ3) is 2.13. The number of fused-ring (bicyclic) bond motifs is 1. The molecular formula is C14H12N4O. The van der Waals surface area contributed by atoms with Crippen LogP contribution in [0.3, 0.4) is 0 Å². The SMILES string of the molecule is Nc1cccc(C(=O)Nc2cccc3[nH]ncc23)c1. The number of carbonyl (C=O) groups excluding carboxylic acids is 1. The number of aromatic amines is 1. The Bertz CT molecular complexity index is 748. The summed E-state index contributed by atoms with van der Waals surface area (Å²) in [6, 6.07) is 12.5. The minimum absolute atomic E-state index is 0.194. The maximum Gasteiger partial charge on any atom is 0.255 e. The van der Waals surface area contributed by atoms with Crippen LogP contribution in [0.5, 0.6) is 0 Å². The molecule has 0 aliphatic heterocycles. The van der Waals surface area contributed by atoms with Gasteiger partial charge in [0.15, 0.2) is 0 Å². The molecule has 0 radical (unpaired) electrons. The van der Waals surface area contributed by atoms with Crippen LogP contribution >= 0.6 is 0 Å². The average molecular weight is 252 g/mol. The molecule has 5 heteroatoms. The van der Waals surface area contributed by atoms with Crippen LogP contribution in [-0.4, -0.2) is 16.1 Å². The molecule has 3 rings (SSSR count). The molecule has 0 bridgehead atoms. The number of aromatic nitrogens is 2. The van der Waals surface area contributed by atoms with Crippen molar-refractivity contribution in [2.45, 2.75) is 0 Å². The van der Waals surface area contributed by atoms with Gasteiger partial charge in [-0.2, -0.15) is 5.10 Å². The molecule has 1 amide bonds. The van der Waals surface area contributed by atoms with Crippen LogP contribution in [0.4, 0.5) is 11.4 Å². The monoisotopic (exact) mass is 252 g/mol. The Labute approximate surface area is 109 Å². The van der Waals surface area contributed by atoms with E-state index in [-0.39, 0.29) is 5.91 Å². The van der Waals surface area contributed by atoms with E-state index in [4.69, 9.17) is 5.73 Å². The van der Waals surface area contributed by atoms with E-state index in [1.807, 2.05) is 18.2 Å². The number of nitrogen functional groups attached to an aromatic ring is 1. The largest absolute Gasteiger partial charge is 0.399 e.